The van der Waals surface area contributed by atoms with Crippen molar-refractivity contribution in [2.24, 2.45) is 5.92 Å². The number of piperidine rings is 1. The zero-order valence-electron chi connectivity index (χ0n) is 17.0. The molecule has 0 atom stereocenters. The Balaban J connectivity index is 1.40. The first-order valence-electron chi connectivity index (χ1n) is 10.7. The number of nitrogens with zero attached hydrogens (tertiary/aromatic N) is 2. The van der Waals surface area contributed by atoms with E-state index in [4.69, 9.17) is 11.6 Å². The molecule has 30 heavy (non-hydrogen) atoms. The van der Waals surface area contributed by atoms with Gasteiger partial charge in [0.05, 0.1) is 0 Å². The summed E-state index contributed by atoms with van der Waals surface area (Å²) in [6.45, 7) is 3.15. The maximum atomic E-state index is 14.3. The van der Waals surface area contributed by atoms with Crippen molar-refractivity contribution in [1.82, 2.24) is 9.21 Å². The standard InChI is InChI=1S/C23H28ClFN2O2S/c24-20-9-7-18(8-10-20)11-14-26-15-12-21(13-16-26)27(17-19-5-6-19)30(28,29)23-4-2-1-3-22(23)25/h1-4,7-10,19,21H,5-6,11-17H2. The molecule has 4 rings (SSSR count). The van der Waals surface area contributed by atoms with Gasteiger partial charge in [-0.1, -0.05) is 35.9 Å². The van der Waals surface area contributed by atoms with Crippen LogP contribution in [0, 0.1) is 11.7 Å². The number of rotatable bonds is 8. The Morgan fingerprint density at radius 2 is 1.67 bits per heavy atom. The van der Waals surface area contributed by atoms with Crippen molar-refractivity contribution in [2.75, 3.05) is 26.2 Å². The van der Waals surface area contributed by atoms with Gasteiger partial charge in [0.1, 0.15) is 10.7 Å². The van der Waals surface area contributed by atoms with Crippen LogP contribution in [0.15, 0.2) is 53.4 Å². The van der Waals surface area contributed by atoms with Gasteiger partial charge in [-0.15, -0.1) is 0 Å². The number of sulfonamides is 1. The minimum Gasteiger partial charge on any atom is -0.303 e. The minimum absolute atomic E-state index is 0.0676. The summed E-state index contributed by atoms with van der Waals surface area (Å²) in [4.78, 5) is 2.19. The maximum Gasteiger partial charge on any atom is 0.246 e. The van der Waals surface area contributed by atoms with E-state index in [1.165, 1.54) is 23.8 Å². The first-order chi connectivity index (χ1) is 14.4. The molecule has 0 N–H and O–H groups in total. The van der Waals surface area contributed by atoms with E-state index in [1.807, 2.05) is 24.3 Å². The Labute approximate surface area is 183 Å². The summed E-state index contributed by atoms with van der Waals surface area (Å²) in [7, 11) is -3.84. The molecular formula is C23H28ClFN2O2S. The summed E-state index contributed by atoms with van der Waals surface area (Å²) in [5.74, 6) is -0.256. The lowest BCUT2D eigenvalue weighted by Gasteiger charge is -2.38. The summed E-state index contributed by atoms with van der Waals surface area (Å²) < 4.78 is 42.5. The van der Waals surface area contributed by atoms with E-state index >= 15 is 0 Å². The smallest absolute Gasteiger partial charge is 0.246 e. The molecule has 1 heterocycles. The molecule has 2 aromatic carbocycles. The molecular weight excluding hydrogens is 423 g/mol. The van der Waals surface area contributed by atoms with E-state index in [-0.39, 0.29) is 10.9 Å². The van der Waals surface area contributed by atoms with E-state index in [9.17, 15) is 12.8 Å². The molecule has 162 valence electrons. The molecule has 0 aromatic heterocycles. The molecule has 0 spiro atoms. The van der Waals surface area contributed by atoms with Crippen molar-refractivity contribution >= 4 is 21.6 Å². The summed E-state index contributed by atoms with van der Waals surface area (Å²) in [6, 6.07) is 13.6. The highest BCUT2D eigenvalue weighted by Gasteiger charge is 2.38. The van der Waals surface area contributed by atoms with Crippen LogP contribution >= 0.6 is 11.6 Å². The van der Waals surface area contributed by atoms with Crippen molar-refractivity contribution in [2.45, 2.75) is 43.0 Å². The quantitative estimate of drug-likeness (QED) is 0.590. The Kier molecular flexibility index (Phi) is 6.78. The van der Waals surface area contributed by atoms with Crippen LogP contribution < -0.4 is 0 Å². The van der Waals surface area contributed by atoms with Crippen molar-refractivity contribution < 1.29 is 12.8 Å². The zero-order chi connectivity index (χ0) is 21.1. The van der Waals surface area contributed by atoms with E-state index < -0.39 is 15.8 Å². The third-order valence-corrected chi connectivity index (χ3v) is 8.36. The van der Waals surface area contributed by atoms with Crippen LogP contribution in [0.3, 0.4) is 0 Å². The zero-order valence-corrected chi connectivity index (χ0v) is 18.6. The van der Waals surface area contributed by atoms with Gasteiger partial charge in [-0.05, 0) is 80.9 Å². The van der Waals surface area contributed by atoms with Crippen LogP contribution in [-0.2, 0) is 16.4 Å². The Morgan fingerprint density at radius 1 is 1.00 bits per heavy atom. The van der Waals surface area contributed by atoms with Gasteiger partial charge in [-0.25, -0.2) is 12.8 Å². The number of benzene rings is 2. The lowest BCUT2D eigenvalue weighted by atomic mass is 10.0. The SMILES string of the molecule is O=S(=O)(c1ccccc1F)N(CC1CC1)C1CCN(CCc2ccc(Cl)cc2)CC1. The average Bonchev–Trinajstić information content (AvgIpc) is 3.57. The third-order valence-electron chi connectivity index (χ3n) is 6.15. The lowest BCUT2D eigenvalue weighted by molar-refractivity contribution is 0.157. The molecule has 2 aromatic rings. The largest absolute Gasteiger partial charge is 0.303 e. The van der Waals surface area contributed by atoms with Gasteiger partial charge < -0.3 is 4.90 Å². The number of halogens is 2. The summed E-state index contributed by atoms with van der Waals surface area (Å²) in [5, 5.41) is 0.742. The fraction of sp³-hybridized carbons (Fsp3) is 0.478. The van der Waals surface area contributed by atoms with Crippen molar-refractivity contribution in [1.29, 1.82) is 0 Å². The van der Waals surface area contributed by atoms with Crippen LogP contribution in [0.5, 0.6) is 0 Å². The van der Waals surface area contributed by atoms with Crippen LogP contribution in [-0.4, -0.2) is 49.8 Å². The highest BCUT2D eigenvalue weighted by molar-refractivity contribution is 7.89. The molecule has 2 fully saturated rings. The first-order valence-corrected chi connectivity index (χ1v) is 12.5. The minimum atomic E-state index is -3.84. The van der Waals surface area contributed by atoms with Gasteiger partial charge in [-0.2, -0.15) is 4.31 Å². The summed E-state index contributed by atoms with van der Waals surface area (Å²) in [5.41, 5.74) is 1.25. The monoisotopic (exact) mass is 450 g/mol. The summed E-state index contributed by atoms with van der Waals surface area (Å²) >= 11 is 5.95. The second kappa shape index (κ2) is 9.35. The van der Waals surface area contributed by atoms with Crippen molar-refractivity contribution in [3.63, 3.8) is 0 Å². The number of hydrogen-bond donors (Lipinski definition) is 0. The Bertz CT molecular complexity index is 955. The second-order valence-corrected chi connectivity index (χ2v) is 10.7. The van der Waals surface area contributed by atoms with Crippen LogP contribution in [0.1, 0.15) is 31.2 Å². The van der Waals surface area contributed by atoms with Gasteiger partial charge in [0.25, 0.3) is 0 Å². The van der Waals surface area contributed by atoms with Gasteiger partial charge in [0.15, 0.2) is 0 Å². The molecule has 0 radical (unpaired) electrons. The molecule has 1 saturated heterocycles. The fourth-order valence-electron chi connectivity index (χ4n) is 4.15. The predicted molar refractivity (Wildman–Crippen MR) is 118 cm³/mol. The van der Waals surface area contributed by atoms with E-state index in [2.05, 4.69) is 4.90 Å². The van der Waals surface area contributed by atoms with Crippen molar-refractivity contribution in [3.05, 3.63) is 64.9 Å². The molecule has 0 amide bonds. The van der Waals surface area contributed by atoms with Crippen LogP contribution in [0.25, 0.3) is 0 Å². The van der Waals surface area contributed by atoms with Crippen molar-refractivity contribution in [3.8, 4) is 0 Å². The highest BCUT2D eigenvalue weighted by atomic mass is 35.5. The molecule has 4 nitrogen and oxygen atoms in total. The Hall–Kier alpha value is -1.47. The third kappa shape index (κ3) is 5.22. The first kappa shape index (κ1) is 21.8. The molecule has 0 bridgehead atoms. The van der Waals surface area contributed by atoms with E-state index in [0.29, 0.717) is 12.5 Å². The van der Waals surface area contributed by atoms with Gasteiger partial charge in [-0.3, -0.25) is 0 Å². The molecule has 1 aliphatic carbocycles. The normalized spacial score (nSPS) is 18.8. The topological polar surface area (TPSA) is 40.6 Å². The van der Waals surface area contributed by atoms with Crippen LogP contribution in [0.2, 0.25) is 5.02 Å². The Morgan fingerprint density at radius 3 is 2.30 bits per heavy atom. The number of hydrogen-bond acceptors (Lipinski definition) is 3. The van der Waals surface area contributed by atoms with Gasteiger partial charge in [0, 0.05) is 24.2 Å². The molecule has 1 aliphatic heterocycles. The molecule has 0 unspecified atom stereocenters. The van der Waals surface area contributed by atoms with Crippen LogP contribution in [0.4, 0.5) is 4.39 Å². The van der Waals surface area contributed by atoms with Gasteiger partial charge >= 0.3 is 0 Å². The molecule has 7 heteroatoms. The van der Waals surface area contributed by atoms with Gasteiger partial charge in [0.2, 0.25) is 10.0 Å². The maximum absolute atomic E-state index is 14.3. The molecule has 1 saturated carbocycles. The fourth-order valence-corrected chi connectivity index (χ4v) is 6.10. The predicted octanol–water partition coefficient (Wildman–Crippen LogP) is 4.59. The van der Waals surface area contributed by atoms with E-state index in [0.717, 1.165) is 56.8 Å². The second-order valence-electron chi connectivity index (χ2n) is 8.40. The highest BCUT2D eigenvalue weighted by Crippen LogP contribution is 2.34. The summed E-state index contributed by atoms with van der Waals surface area (Å²) in [6.07, 6.45) is 4.62. The molecule has 2 aliphatic rings. The number of likely N-dealkylation sites (tertiary alicyclic amines) is 1. The van der Waals surface area contributed by atoms with E-state index in [1.54, 1.807) is 10.4 Å². The lowest BCUT2D eigenvalue weighted by Crippen LogP contribution is -2.48. The average molecular weight is 451 g/mol.